The lowest BCUT2D eigenvalue weighted by Crippen LogP contribution is -2.52. The summed E-state index contributed by atoms with van der Waals surface area (Å²) in [6.45, 7) is 26.3. The molecular weight excluding hydrogens is 206 g/mol. The molecule has 0 aromatic heterocycles. The summed E-state index contributed by atoms with van der Waals surface area (Å²) in [4.78, 5) is 2.50. The van der Waals surface area contributed by atoms with E-state index >= 15 is 0 Å². The zero-order valence-electron chi connectivity index (χ0n) is 12.6. The molecule has 0 fully saturated rings. The molecule has 17 heavy (non-hydrogen) atoms. The van der Waals surface area contributed by atoms with E-state index in [1.54, 1.807) is 6.08 Å². The second-order valence-electron chi connectivity index (χ2n) is 6.58. The number of rotatable bonds is 5. The van der Waals surface area contributed by atoms with E-state index in [0.29, 0.717) is 0 Å². The van der Waals surface area contributed by atoms with E-state index in [-0.39, 0.29) is 11.1 Å². The van der Waals surface area contributed by atoms with Gasteiger partial charge in [-0.1, -0.05) is 25.8 Å². The van der Waals surface area contributed by atoms with Gasteiger partial charge in [-0.2, -0.15) is 0 Å². The first-order chi connectivity index (χ1) is 7.50. The fourth-order valence-electron chi connectivity index (χ4n) is 2.23. The maximum atomic E-state index is 4.06. The number of nitrogens with zero attached hydrogens (tertiary/aromatic N) is 1. The molecule has 0 aliphatic carbocycles. The van der Waals surface area contributed by atoms with Crippen molar-refractivity contribution in [3.63, 3.8) is 0 Å². The first kappa shape index (κ1) is 16.2. The third-order valence-corrected chi connectivity index (χ3v) is 2.96. The predicted octanol–water partition coefficient (Wildman–Crippen LogP) is 4.57. The van der Waals surface area contributed by atoms with Gasteiger partial charge in [-0.25, -0.2) is 0 Å². The van der Waals surface area contributed by atoms with Gasteiger partial charge in [0.1, 0.15) is 0 Å². The largest absolute Gasteiger partial charge is 0.293 e. The summed E-state index contributed by atoms with van der Waals surface area (Å²) >= 11 is 0. The molecule has 0 aromatic rings. The highest BCUT2D eigenvalue weighted by Crippen LogP contribution is 2.26. The molecule has 0 radical (unpaired) electrons. The van der Waals surface area contributed by atoms with Crippen LogP contribution in [0.15, 0.2) is 37.0 Å². The summed E-state index contributed by atoms with van der Waals surface area (Å²) in [6, 6.07) is 0. The molecule has 0 aliphatic heterocycles. The van der Waals surface area contributed by atoms with Crippen LogP contribution in [0.5, 0.6) is 0 Å². The minimum absolute atomic E-state index is 0.161. The Labute approximate surface area is 108 Å². The van der Waals surface area contributed by atoms with Gasteiger partial charge in [-0.05, 0) is 59.1 Å². The molecule has 0 saturated heterocycles. The normalized spacial score (nSPS) is 12.6. The highest BCUT2D eigenvalue weighted by molar-refractivity contribution is 5.33. The zero-order valence-corrected chi connectivity index (χ0v) is 12.6. The summed E-state index contributed by atoms with van der Waals surface area (Å²) in [7, 11) is 0. The van der Waals surface area contributed by atoms with Gasteiger partial charge in [0, 0.05) is 17.6 Å². The molecule has 1 nitrogen and oxygen atoms in total. The van der Waals surface area contributed by atoms with Crippen molar-refractivity contribution in [3.8, 4) is 0 Å². The third-order valence-electron chi connectivity index (χ3n) is 2.96. The molecule has 0 aromatic carbocycles. The van der Waals surface area contributed by atoms with E-state index in [4.69, 9.17) is 0 Å². The van der Waals surface area contributed by atoms with Crippen molar-refractivity contribution >= 4 is 0 Å². The van der Waals surface area contributed by atoms with Crippen LogP contribution in [0.3, 0.4) is 0 Å². The minimum Gasteiger partial charge on any atom is -0.293 e. The van der Waals surface area contributed by atoms with Crippen molar-refractivity contribution in [1.82, 2.24) is 4.90 Å². The standard InChI is InChI=1S/C16H29N/c1-10-13(2)14(3)11-12-17(15(4,5)6)16(7,8)9/h10H,1-3,11-12H2,4-9H3. The van der Waals surface area contributed by atoms with Crippen LogP contribution in [0, 0.1) is 0 Å². The van der Waals surface area contributed by atoms with Crippen molar-refractivity contribution in [2.75, 3.05) is 6.54 Å². The summed E-state index contributed by atoms with van der Waals surface area (Å²) in [5.41, 5.74) is 2.36. The summed E-state index contributed by atoms with van der Waals surface area (Å²) in [5, 5.41) is 0. The molecule has 98 valence electrons. The molecule has 0 saturated carbocycles. The van der Waals surface area contributed by atoms with Gasteiger partial charge in [-0.3, -0.25) is 4.90 Å². The third kappa shape index (κ3) is 5.36. The average molecular weight is 235 g/mol. The second-order valence-corrected chi connectivity index (χ2v) is 6.58. The molecule has 1 heteroatoms. The SMILES string of the molecule is C=CC(=C)C(=C)CCN(C(C)(C)C)C(C)(C)C. The first-order valence-corrected chi connectivity index (χ1v) is 6.27. The van der Waals surface area contributed by atoms with Crippen LogP contribution in [0.25, 0.3) is 0 Å². The Kier molecular flexibility index (Phi) is 5.41. The molecule has 0 bridgehead atoms. The topological polar surface area (TPSA) is 3.24 Å². The van der Waals surface area contributed by atoms with Crippen LogP contribution in [0.2, 0.25) is 0 Å². The first-order valence-electron chi connectivity index (χ1n) is 6.27. The molecule has 0 atom stereocenters. The van der Waals surface area contributed by atoms with Crippen molar-refractivity contribution in [1.29, 1.82) is 0 Å². The summed E-state index contributed by atoms with van der Waals surface area (Å²) in [5.74, 6) is 0. The fraction of sp³-hybridized carbons (Fsp3) is 0.625. The van der Waals surface area contributed by atoms with Crippen molar-refractivity contribution < 1.29 is 0 Å². The second kappa shape index (κ2) is 5.68. The van der Waals surface area contributed by atoms with Crippen LogP contribution in [-0.2, 0) is 0 Å². The highest BCUT2D eigenvalue weighted by atomic mass is 15.2. The smallest absolute Gasteiger partial charge is 0.0130 e. The maximum Gasteiger partial charge on any atom is 0.0130 e. The van der Waals surface area contributed by atoms with Gasteiger partial charge in [-0.15, -0.1) is 0 Å². The van der Waals surface area contributed by atoms with Crippen LogP contribution in [0.4, 0.5) is 0 Å². The number of allylic oxidation sites excluding steroid dienone is 2. The van der Waals surface area contributed by atoms with Gasteiger partial charge in [0.2, 0.25) is 0 Å². The molecule has 0 spiro atoms. The molecule has 0 N–H and O–H groups in total. The molecule has 0 rings (SSSR count). The summed E-state index contributed by atoms with van der Waals surface area (Å²) < 4.78 is 0. The van der Waals surface area contributed by atoms with Crippen molar-refractivity contribution in [2.24, 2.45) is 0 Å². The van der Waals surface area contributed by atoms with Crippen LogP contribution in [-0.4, -0.2) is 22.5 Å². The maximum absolute atomic E-state index is 4.06. The van der Waals surface area contributed by atoms with E-state index in [1.165, 1.54) is 0 Å². The molecule has 0 aliphatic rings. The zero-order chi connectivity index (χ0) is 13.9. The van der Waals surface area contributed by atoms with Gasteiger partial charge in [0.05, 0.1) is 0 Å². The Morgan fingerprint density at radius 1 is 1.00 bits per heavy atom. The van der Waals surface area contributed by atoms with E-state index in [2.05, 4.69) is 66.2 Å². The average Bonchev–Trinajstić information content (AvgIpc) is 2.12. The van der Waals surface area contributed by atoms with Crippen molar-refractivity contribution in [2.45, 2.75) is 59.0 Å². The van der Waals surface area contributed by atoms with Gasteiger partial charge in [0.25, 0.3) is 0 Å². The Morgan fingerprint density at radius 3 is 1.71 bits per heavy atom. The van der Waals surface area contributed by atoms with Gasteiger partial charge < -0.3 is 0 Å². The quantitative estimate of drug-likeness (QED) is 0.631. The molecule has 0 amide bonds. The Hall–Kier alpha value is -0.820. The molecular formula is C16H29N. The van der Waals surface area contributed by atoms with Gasteiger partial charge in [0.15, 0.2) is 0 Å². The lowest BCUT2D eigenvalue weighted by atomic mass is 9.94. The fourth-order valence-corrected chi connectivity index (χ4v) is 2.23. The van der Waals surface area contributed by atoms with E-state index in [9.17, 15) is 0 Å². The number of hydrogen-bond donors (Lipinski definition) is 0. The molecule has 0 heterocycles. The van der Waals surface area contributed by atoms with Crippen LogP contribution < -0.4 is 0 Å². The van der Waals surface area contributed by atoms with E-state index < -0.39 is 0 Å². The lowest BCUT2D eigenvalue weighted by Gasteiger charge is -2.45. The number of hydrogen-bond acceptors (Lipinski definition) is 1. The Bertz CT molecular complexity index is 282. The van der Waals surface area contributed by atoms with E-state index in [1.807, 2.05) is 0 Å². The minimum atomic E-state index is 0.161. The monoisotopic (exact) mass is 235 g/mol. The lowest BCUT2D eigenvalue weighted by molar-refractivity contribution is 0.0400. The van der Waals surface area contributed by atoms with Crippen molar-refractivity contribution in [3.05, 3.63) is 37.0 Å². The van der Waals surface area contributed by atoms with E-state index in [0.717, 1.165) is 24.1 Å². The van der Waals surface area contributed by atoms with Gasteiger partial charge >= 0.3 is 0 Å². The Balaban J connectivity index is 4.65. The van der Waals surface area contributed by atoms with Crippen LogP contribution >= 0.6 is 0 Å². The highest BCUT2D eigenvalue weighted by Gasteiger charge is 2.30. The Morgan fingerprint density at radius 2 is 1.41 bits per heavy atom. The molecule has 0 unspecified atom stereocenters. The predicted molar refractivity (Wildman–Crippen MR) is 79.3 cm³/mol. The summed E-state index contributed by atoms with van der Waals surface area (Å²) in [6.07, 6.45) is 2.72. The van der Waals surface area contributed by atoms with Crippen LogP contribution in [0.1, 0.15) is 48.0 Å².